The maximum Gasteiger partial charge on any atom is 0.319 e. The normalized spacial score (nSPS) is 11.5. The van der Waals surface area contributed by atoms with Crippen molar-refractivity contribution in [3.05, 3.63) is 54.6 Å². The topological polar surface area (TPSA) is 70.6 Å². The van der Waals surface area contributed by atoms with Crippen molar-refractivity contribution in [3.8, 4) is 11.5 Å². The highest BCUT2D eigenvalue weighted by atomic mass is 16.5. The summed E-state index contributed by atoms with van der Waals surface area (Å²) in [5, 5.41) is 14.3. The van der Waals surface area contributed by atoms with E-state index in [-0.39, 0.29) is 18.7 Å². The number of carbonyl (C=O) groups excluding carboxylic acids is 1. The number of rotatable bonds is 5. The van der Waals surface area contributed by atoms with Gasteiger partial charge >= 0.3 is 6.03 Å². The van der Waals surface area contributed by atoms with Crippen LogP contribution in [0.1, 0.15) is 6.92 Å². The summed E-state index contributed by atoms with van der Waals surface area (Å²) in [5.41, 5.74) is 0.559. The minimum atomic E-state index is -0.388. The van der Waals surface area contributed by atoms with Gasteiger partial charge in [-0.3, -0.25) is 0 Å². The summed E-state index contributed by atoms with van der Waals surface area (Å²) >= 11 is 0. The second kappa shape index (κ2) is 7.31. The number of anilines is 1. The molecule has 3 N–H and O–H groups in total. The Morgan fingerprint density at radius 1 is 1.14 bits per heavy atom. The zero-order valence-corrected chi connectivity index (χ0v) is 11.7. The highest BCUT2D eigenvalue weighted by molar-refractivity contribution is 5.91. The first-order chi connectivity index (χ1) is 10.2. The maximum atomic E-state index is 11.8. The molecular formula is C16H18N2O3. The maximum absolute atomic E-state index is 11.8. The first-order valence-electron chi connectivity index (χ1n) is 6.69. The monoisotopic (exact) mass is 286 g/mol. The summed E-state index contributed by atoms with van der Waals surface area (Å²) in [6.07, 6.45) is 0. The molecule has 2 amide bonds. The van der Waals surface area contributed by atoms with Crippen molar-refractivity contribution < 1.29 is 14.6 Å². The third-order valence-corrected chi connectivity index (χ3v) is 2.76. The number of benzene rings is 2. The molecule has 0 aliphatic carbocycles. The second-order valence-corrected chi connectivity index (χ2v) is 4.59. The van der Waals surface area contributed by atoms with E-state index in [1.807, 2.05) is 42.5 Å². The molecule has 2 aromatic carbocycles. The van der Waals surface area contributed by atoms with Gasteiger partial charge in [0.25, 0.3) is 0 Å². The van der Waals surface area contributed by atoms with E-state index >= 15 is 0 Å². The number of para-hydroxylation sites is 3. The first kappa shape index (κ1) is 14.9. The van der Waals surface area contributed by atoms with Crippen LogP contribution < -0.4 is 15.4 Å². The number of amides is 2. The summed E-state index contributed by atoms with van der Waals surface area (Å²) in [4.78, 5) is 11.8. The zero-order valence-electron chi connectivity index (χ0n) is 11.7. The molecule has 21 heavy (non-hydrogen) atoms. The number of hydrogen-bond donors (Lipinski definition) is 3. The second-order valence-electron chi connectivity index (χ2n) is 4.59. The Labute approximate surface area is 123 Å². The molecule has 0 fully saturated rings. The number of urea groups is 1. The van der Waals surface area contributed by atoms with E-state index in [1.165, 1.54) is 0 Å². The lowest BCUT2D eigenvalue weighted by atomic mass is 10.3. The average molecular weight is 286 g/mol. The van der Waals surface area contributed by atoms with Crippen LogP contribution in [-0.2, 0) is 0 Å². The number of nitrogens with one attached hydrogen (secondary N) is 2. The van der Waals surface area contributed by atoms with Crippen LogP contribution in [0, 0.1) is 0 Å². The molecule has 5 nitrogen and oxygen atoms in total. The van der Waals surface area contributed by atoms with E-state index in [4.69, 9.17) is 9.84 Å². The van der Waals surface area contributed by atoms with Gasteiger partial charge in [-0.2, -0.15) is 0 Å². The molecule has 0 bridgehead atoms. The predicted octanol–water partition coefficient (Wildman–Crippen LogP) is 2.98. The van der Waals surface area contributed by atoms with Crippen molar-refractivity contribution >= 4 is 11.7 Å². The molecule has 1 atom stereocenters. The van der Waals surface area contributed by atoms with Crippen molar-refractivity contribution in [2.45, 2.75) is 13.0 Å². The lowest BCUT2D eigenvalue weighted by Crippen LogP contribution is -2.38. The SMILES string of the molecule is CC(CO)NC(=O)Nc1ccccc1Oc1ccccc1. The molecule has 0 aliphatic rings. The summed E-state index contributed by atoms with van der Waals surface area (Å²) in [6.45, 7) is 1.60. The first-order valence-corrected chi connectivity index (χ1v) is 6.69. The van der Waals surface area contributed by atoms with E-state index in [1.54, 1.807) is 19.1 Å². The van der Waals surface area contributed by atoms with Crippen molar-refractivity contribution in [2.75, 3.05) is 11.9 Å². The van der Waals surface area contributed by atoms with Crippen LogP contribution in [-0.4, -0.2) is 23.8 Å². The van der Waals surface area contributed by atoms with E-state index in [9.17, 15) is 4.79 Å². The number of aliphatic hydroxyl groups is 1. The molecule has 0 spiro atoms. The lowest BCUT2D eigenvalue weighted by molar-refractivity contribution is 0.229. The molecule has 5 heteroatoms. The van der Waals surface area contributed by atoms with Gasteiger partial charge in [0.15, 0.2) is 5.75 Å². The van der Waals surface area contributed by atoms with E-state index in [0.29, 0.717) is 17.2 Å². The molecule has 2 aromatic rings. The summed E-state index contributed by atoms with van der Waals surface area (Å²) in [5.74, 6) is 1.24. The van der Waals surface area contributed by atoms with Crippen LogP contribution in [0.5, 0.6) is 11.5 Å². The molecule has 0 aromatic heterocycles. The average Bonchev–Trinajstić information content (AvgIpc) is 2.50. The Balaban J connectivity index is 2.08. The third-order valence-electron chi connectivity index (χ3n) is 2.76. The number of hydrogen-bond acceptors (Lipinski definition) is 3. The van der Waals surface area contributed by atoms with Crippen LogP contribution in [0.15, 0.2) is 54.6 Å². The van der Waals surface area contributed by atoms with Crippen LogP contribution in [0.25, 0.3) is 0 Å². The highest BCUT2D eigenvalue weighted by Gasteiger charge is 2.10. The van der Waals surface area contributed by atoms with Gasteiger partial charge in [-0.1, -0.05) is 30.3 Å². The molecule has 0 radical (unpaired) electrons. The standard InChI is InChI=1S/C16H18N2O3/c1-12(11-19)17-16(20)18-14-9-5-6-10-15(14)21-13-7-3-2-4-8-13/h2-10,12,19H,11H2,1H3,(H2,17,18,20). The Hall–Kier alpha value is -2.53. The van der Waals surface area contributed by atoms with Gasteiger partial charge in [0.1, 0.15) is 5.75 Å². The quantitative estimate of drug-likeness (QED) is 0.791. The van der Waals surface area contributed by atoms with Crippen LogP contribution in [0.4, 0.5) is 10.5 Å². The Morgan fingerprint density at radius 3 is 2.52 bits per heavy atom. The molecule has 110 valence electrons. The minimum absolute atomic E-state index is 0.115. The van der Waals surface area contributed by atoms with E-state index in [0.717, 1.165) is 0 Å². The largest absolute Gasteiger partial charge is 0.455 e. The molecule has 0 saturated heterocycles. The summed E-state index contributed by atoms with van der Waals surface area (Å²) in [7, 11) is 0. The molecule has 2 rings (SSSR count). The van der Waals surface area contributed by atoms with Gasteiger partial charge in [-0.15, -0.1) is 0 Å². The van der Waals surface area contributed by atoms with Crippen LogP contribution in [0.2, 0.25) is 0 Å². The van der Waals surface area contributed by atoms with Crippen LogP contribution >= 0.6 is 0 Å². The third kappa shape index (κ3) is 4.50. The van der Waals surface area contributed by atoms with Gasteiger partial charge in [-0.25, -0.2) is 4.79 Å². The van der Waals surface area contributed by atoms with Gasteiger partial charge in [0.2, 0.25) is 0 Å². The summed E-state index contributed by atoms with van der Waals surface area (Å²) in [6, 6.07) is 15.8. The number of carbonyl (C=O) groups is 1. The van der Waals surface area contributed by atoms with Crippen molar-refractivity contribution in [2.24, 2.45) is 0 Å². The number of ether oxygens (including phenoxy) is 1. The van der Waals surface area contributed by atoms with Crippen molar-refractivity contribution in [1.82, 2.24) is 5.32 Å². The molecule has 0 saturated carbocycles. The van der Waals surface area contributed by atoms with E-state index in [2.05, 4.69) is 10.6 Å². The van der Waals surface area contributed by atoms with Crippen LogP contribution in [0.3, 0.4) is 0 Å². The molecule has 0 aliphatic heterocycles. The Bertz CT molecular complexity index is 587. The van der Waals surface area contributed by atoms with Crippen molar-refractivity contribution in [1.29, 1.82) is 0 Å². The minimum Gasteiger partial charge on any atom is -0.455 e. The smallest absolute Gasteiger partial charge is 0.319 e. The van der Waals surface area contributed by atoms with Gasteiger partial charge in [0.05, 0.1) is 18.3 Å². The Kier molecular flexibility index (Phi) is 5.17. The molecule has 0 heterocycles. The fourth-order valence-electron chi connectivity index (χ4n) is 1.70. The highest BCUT2D eigenvalue weighted by Crippen LogP contribution is 2.28. The fraction of sp³-hybridized carbons (Fsp3) is 0.188. The van der Waals surface area contributed by atoms with Gasteiger partial charge in [-0.05, 0) is 31.2 Å². The number of aliphatic hydroxyl groups excluding tert-OH is 1. The molecular weight excluding hydrogens is 268 g/mol. The van der Waals surface area contributed by atoms with E-state index < -0.39 is 0 Å². The van der Waals surface area contributed by atoms with Gasteiger partial charge in [0, 0.05) is 0 Å². The Morgan fingerprint density at radius 2 is 1.81 bits per heavy atom. The predicted molar refractivity (Wildman–Crippen MR) is 81.7 cm³/mol. The summed E-state index contributed by atoms with van der Waals surface area (Å²) < 4.78 is 5.75. The molecule has 1 unspecified atom stereocenters. The fourth-order valence-corrected chi connectivity index (χ4v) is 1.70. The van der Waals surface area contributed by atoms with Gasteiger partial charge < -0.3 is 20.5 Å². The zero-order chi connectivity index (χ0) is 15.1. The lowest BCUT2D eigenvalue weighted by Gasteiger charge is -2.14. The van der Waals surface area contributed by atoms with Crippen molar-refractivity contribution in [3.63, 3.8) is 0 Å².